The number of hydrogen-bond donors (Lipinski definition) is 2. The zero-order valence-electron chi connectivity index (χ0n) is 10.9. The molecule has 19 heavy (non-hydrogen) atoms. The van der Waals surface area contributed by atoms with E-state index in [1.165, 1.54) is 6.07 Å². The van der Waals surface area contributed by atoms with Crippen LogP contribution in [0.15, 0.2) is 34.7 Å². The van der Waals surface area contributed by atoms with Gasteiger partial charge in [0.2, 0.25) is 5.76 Å². The molecule has 0 spiro atoms. The van der Waals surface area contributed by atoms with Gasteiger partial charge in [-0.15, -0.1) is 0 Å². The third-order valence-electron chi connectivity index (χ3n) is 2.80. The molecule has 100 valence electrons. The number of furan rings is 1. The van der Waals surface area contributed by atoms with Crippen molar-refractivity contribution in [2.45, 2.75) is 26.4 Å². The molecular formula is C14H16N2O3. The second-order valence-electron chi connectivity index (χ2n) is 4.38. The summed E-state index contributed by atoms with van der Waals surface area (Å²) in [5, 5.41) is 12.0. The molecule has 0 bridgehead atoms. The lowest BCUT2D eigenvalue weighted by Gasteiger charge is -2.11. The molecule has 0 saturated heterocycles. The predicted octanol–water partition coefficient (Wildman–Crippen LogP) is 2.53. The van der Waals surface area contributed by atoms with Crippen molar-refractivity contribution >= 4 is 5.97 Å². The minimum absolute atomic E-state index is 0.0441. The van der Waals surface area contributed by atoms with E-state index < -0.39 is 5.97 Å². The minimum Gasteiger partial charge on any atom is -0.475 e. The molecule has 0 aliphatic carbocycles. The van der Waals surface area contributed by atoms with Gasteiger partial charge < -0.3 is 14.8 Å². The van der Waals surface area contributed by atoms with Crippen LogP contribution < -0.4 is 5.32 Å². The van der Waals surface area contributed by atoms with Crippen molar-refractivity contribution in [3.63, 3.8) is 0 Å². The molecule has 5 heteroatoms. The van der Waals surface area contributed by atoms with E-state index in [1.807, 2.05) is 32.0 Å². The molecule has 0 fully saturated rings. The summed E-state index contributed by atoms with van der Waals surface area (Å²) >= 11 is 0. The lowest BCUT2D eigenvalue weighted by molar-refractivity contribution is 0.0659. The van der Waals surface area contributed by atoms with Crippen molar-refractivity contribution in [3.8, 4) is 0 Å². The lowest BCUT2D eigenvalue weighted by Crippen LogP contribution is -2.18. The van der Waals surface area contributed by atoms with E-state index in [9.17, 15) is 4.79 Å². The molecule has 0 amide bonds. The summed E-state index contributed by atoms with van der Waals surface area (Å²) in [4.78, 5) is 15.1. The lowest BCUT2D eigenvalue weighted by atomic mass is 10.2. The predicted molar refractivity (Wildman–Crippen MR) is 69.9 cm³/mol. The Labute approximate surface area is 111 Å². The Hall–Kier alpha value is -2.14. The van der Waals surface area contributed by atoms with Gasteiger partial charge >= 0.3 is 5.97 Å². The Morgan fingerprint density at radius 2 is 2.21 bits per heavy atom. The summed E-state index contributed by atoms with van der Waals surface area (Å²) in [6.07, 6.45) is 0. The number of nitrogens with one attached hydrogen (secondary N) is 1. The summed E-state index contributed by atoms with van der Waals surface area (Å²) < 4.78 is 5.24. The summed E-state index contributed by atoms with van der Waals surface area (Å²) in [6, 6.07) is 8.90. The van der Waals surface area contributed by atoms with Crippen LogP contribution in [0.2, 0.25) is 0 Å². The van der Waals surface area contributed by atoms with Gasteiger partial charge in [0.05, 0.1) is 11.7 Å². The zero-order valence-corrected chi connectivity index (χ0v) is 10.9. The highest BCUT2D eigenvalue weighted by Gasteiger charge is 2.13. The Balaban J connectivity index is 1.97. The average molecular weight is 260 g/mol. The van der Waals surface area contributed by atoms with E-state index in [4.69, 9.17) is 9.52 Å². The zero-order chi connectivity index (χ0) is 13.8. The fraction of sp³-hybridized carbons (Fsp3) is 0.286. The van der Waals surface area contributed by atoms with Gasteiger partial charge in [0.25, 0.3) is 0 Å². The van der Waals surface area contributed by atoms with E-state index in [1.54, 1.807) is 6.07 Å². The van der Waals surface area contributed by atoms with Crippen molar-refractivity contribution in [1.29, 1.82) is 0 Å². The number of nitrogens with zero attached hydrogens (tertiary/aromatic N) is 1. The Bertz CT molecular complexity index is 578. The van der Waals surface area contributed by atoms with E-state index >= 15 is 0 Å². The highest BCUT2D eigenvalue weighted by molar-refractivity contribution is 5.84. The minimum atomic E-state index is -1.06. The van der Waals surface area contributed by atoms with Gasteiger partial charge in [-0.05, 0) is 38.1 Å². The largest absolute Gasteiger partial charge is 0.475 e. The number of aromatic nitrogens is 1. The molecule has 0 aliphatic rings. The molecule has 0 saturated carbocycles. The molecule has 2 N–H and O–H groups in total. The second-order valence-corrected chi connectivity index (χ2v) is 4.38. The quantitative estimate of drug-likeness (QED) is 0.864. The normalized spacial score (nSPS) is 12.3. The third kappa shape index (κ3) is 3.42. The topological polar surface area (TPSA) is 75.4 Å². The number of aromatic carboxylic acids is 1. The first-order valence-electron chi connectivity index (χ1n) is 6.05. The van der Waals surface area contributed by atoms with Crippen LogP contribution in [0, 0.1) is 6.92 Å². The maximum atomic E-state index is 10.7. The average Bonchev–Trinajstić information content (AvgIpc) is 2.86. The Kier molecular flexibility index (Phi) is 3.97. The number of hydrogen-bond acceptors (Lipinski definition) is 4. The molecule has 1 atom stereocenters. The molecule has 0 aliphatic heterocycles. The fourth-order valence-electron chi connectivity index (χ4n) is 1.76. The first-order chi connectivity index (χ1) is 9.06. The van der Waals surface area contributed by atoms with Gasteiger partial charge in [0.1, 0.15) is 5.76 Å². The standard InChI is InChI=1S/C14H16N2O3/c1-9-4-3-5-11(16-9)8-15-10(2)12-6-7-13(19-12)14(17)18/h3-7,10,15H,8H2,1-2H3,(H,17,18). The summed E-state index contributed by atoms with van der Waals surface area (Å²) in [5.74, 6) is -0.499. The van der Waals surface area contributed by atoms with Crippen molar-refractivity contribution in [3.05, 3.63) is 53.2 Å². The molecule has 2 rings (SSSR count). The monoisotopic (exact) mass is 260 g/mol. The van der Waals surface area contributed by atoms with Gasteiger partial charge in [-0.1, -0.05) is 6.07 Å². The molecule has 2 heterocycles. The highest BCUT2D eigenvalue weighted by atomic mass is 16.4. The molecule has 2 aromatic heterocycles. The van der Waals surface area contributed by atoms with Crippen LogP contribution >= 0.6 is 0 Å². The van der Waals surface area contributed by atoms with Gasteiger partial charge in [0, 0.05) is 12.2 Å². The Morgan fingerprint density at radius 3 is 2.84 bits per heavy atom. The number of carbonyl (C=O) groups is 1. The fourth-order valence-corrected chi connectivity index (χ4v) is 1.76. The van der Waals surface area contributed by atoms with Gasteiger partial charge in [0.15, 0.2) is 0 Å². The van der Waals surface area contributed by atoms with E-state index in [2.05, 4.69) is 10.3 Å². The molecule has 5 nitrogen and oxygen atoms in total. The van der Waals surface area contributed by atoms with Crippen LogP contribution in [0.1, 0.15) is 40.7 Å². The van der Waals surface area contributed by atoms with E-state index in [-0.39, 0.29) is 11.8 Å². The van der Waals surface area contributed by atoms with Crippen molar-refractivity contribution < 1.29 is 14.3 Å². The van der Waals surface area contributed by atoms with Crippen LogP contribution in [-0.2, 0) is 6.54 Å². The first kappa shape index (κ1) is 13.3. The van der Waals surface area contributed by atoms with Gasteiger partial charge in [-0.3, -0.25) is 4.98 Å². The molecule has 0 aromatic carbocycles. The van der Waals surface area contributed by atoms with Gasteiger partial charge in [-0.2, -0.15) is 0 Å². The second kappa shape index (κ2) is 5.67. The molecule has 1 unspecified atom stereocenters. The first-order valence-corrected chi connectivity index (χ1v) is 6.05. The summed E-state index contributed by atoms with van der Waals surface area (Å²) in [5.41, 5.74) is 1.91. The maximum Gasteiger partial charge on any atom is 0.371 e. The van der Waals surface area contributed by atoms with Crippen LogP contribution in [0.4, 0.5) is 0 Å². The third-order valence-corrected chi connectivity index (χ3v) is 2.80. The van der Waals surface area contributed by atoms with Crippen molar-refractivity contribution in [2.24, 2.45) is 0 Å². The summed E-state index contributed by atoms with van der Waals surface area (Å²) in [6.45, 7) is 4.46. The number of pyridine rings is 1. The number of rotatable bonds is 5. The van der Waals surface area contributed by atoms with Gasteiger partial charge in [-0.25, -0.2) is 4.79 Å². The molecule has 2 aromatic rings. The van der Waals surface area contributed by atoms with Crippen molar-refractivity contribution in [1.82, 2.24) is 10.3 Å². The number of carboxylic acids is 1. The number of carboxylic acid groups (broad SMARTS) is 1. The molecule has 0 radical (unpaired) electrons. The smallest absolute Gasteiger partial charge is 0.371 e. The van der Waals surface area contributed by atoms with E-state index in [0.717, 1.165) is 11.4 Å². The summed E-state index contributed by atoms with van der Waals surface area (Å²) in [7, 11) is 0. The highest BCUT2D eigenvalue weighted by Crippen LogP contribution is 2.16. The van der Waals surface area contributed by atoms with Crippen LogP contribution in [0.25, 0.3) is 0 Å². The van der Waals surface area contributed by atoms with Crippen LogP contribution in [0.5, 0.6) is 0 Å². The van der Waals surface area contributed by atoms with E-state index in [0.29, 0.717) is 12.3 Å². The maximum absolute atomic E-state index is 10.7. The molecular weight excluding hydrogens is 244 g/mol. The SMILES string of the molecule is Cc1cccc(CNC(C)c2ccc(C(=O)O)o2)n1. The Morgan fingerprint density at radius 1 is 1.42 bits per heavy atom. The van der Waals surface area contributed by atoms with Crippen LogP contribution in [-0.4, -0.2) is 16.1 Å². The number of aryl methyl sites for hydroxylation is 1. The van der Waals surface area contributed by atoms with Crippen LogP contribution in [0.3, 0.4) is 0 Å². The van der Waals surface area contributed by atoms with Crippen molar-refractivity contribution in [2.75, 3.05) is 0 Å².